The highest BCUT2D eigenvalue weighted by atomic mass is 35.5. The van der Waals surface area contributed by atoms with Crippen molar-refractivity contribution in [2.75, 3.05) is 0 Å². The fourth-order valence-electron chi connectivity index (χ4n) is 4.49. The summed E-state index contributed by atoms with van der Waals surface area (Å²) in [6.45, 7) is 1.10. The largest absolute Gasteiger partial charge is 0.479 e. The molecule has 1 saturated carbocycles. The van der Waals surface area contributed by atoms with Gasteiger partial charge in [-0.25, -0.2) is 13.6 Å². The van der Waals surface area contributed by atoms with Crippen molar-refractivity contribution in [1.82, 2.24) is 0 Å². The zero-order valence-electron chi connectivity index (χ0n) is 19.5. The number of carboxylic acid groups (broad SMARTS) is 1. The molecule has 0 aliphatic heterocycles. The van der Waals surface area contributed by atoms with Gasteiger partial charge in [-0.3, -0.25) is 4.79 Å². The summed E-state index contributed by atoms with van der Waals surface area (Å²) < 4.78 is 42.3. The molecule has 188 valence electrons. The number of carbonyl (C=O) groups excluding carboxylic acids is 1. The summed E-state index contributed by atoms with van der Waals surface area (Å²) in [6, 6.07) is 18.8. The third-order valence-electron chi connectivity index (χ3n) is 6.27. The second-order valence-electron chi connectivity index (χ2n) is 8.92. The van der Waals surface area contributed by atoms with E-state index >= 15 is 4.39 Å². The second-order valence-corrected chi connectivity index (χ2v) is 9.36. The summed E-state index contributed by atoms with van der Waals surface area (Å²) in [7, 11) is 0. The van der Waals surface area contributed by atoms with Crippen molar-refractivity contribution in [2.24, 2.45) is 5.92 Å². The Hall–Kier alpha value is -3.45. The highest BCUT2D eigenvalue weighted by molar-refractivity contribution is 6.30. The van der Waals surface area contributed by atoms with Gasteiger partial charge in [0.15, 0.2) is 17.7 Å². The summed E-state index contributed by atoms with van der Waals surface area (Å²) >= 11 is 5.99. The maximum absolute atomic E-state index is 16.9. The van der Waals surface area contributed by atoms with Crippen LogP contribution in [0.15, 0.2) is 72.8 Å². The van der Waals surface area contributed by atoms with Gasteiger partial charge in [0.25, 0.3) is 5.67 Å². The van der Waals surface area contributed by atoms with Crippen molar-refractivity contribution >= 4 is 23.5 Å². The molecule has 0 radical (unpaired) electrons. The molecule has 3 aromatic rings. The normalized spacial score (nSPS) is 16.4. The molecule has 0 heterocycles. The first-order valence-corrected chi connectivity index (χ1v) is 11.9. The number of carboxylic acids is 1. The third kappa shape index (κ3) is 5.68. The standard InChI is InChI=1S/C28H25ClF2O5/c1-17(32)35-25(16-18-7-14-23(30)24(15-18)36-22-5-3-2-4-6-22)28(31,27(33)34)26(19-8-9-19)20-10-12-21(29)13-11-20/h2-7,10-15,19,25-26H,8-9,16H2,1H3,(H,33,34)/t25-,26+,28+/m0/s1. The lowest BCUT2D eigenvalue weighted by molar-refractivity contribution is -0.174. The average Bonchev–Trinajstić information content (AvgIpc) is 3.67. The van der Waals surface area contributed by atoms with Gasteiger partial charge in [-0.05, 0) is 66.3 Å². The molecule has 1 fully saturated rings. The molecule has 0 unspecified atom stereocenters. The van der Waals surface area contributed by atoms with Crippen LogP contribution in [-0.2, 0) is 20.7 Å². The van der Waals surface area contributed by atoms with Gasteiger partial charge in [-0.1, -0.05) is 48.0 Å². The van der Waals surface area contributed by atoms with Crippen molar-refractivity contribution in [3.8, 4) is 11.5 Å². The van der Waals surface area contributed by atoms with Crippen molar-refractivity contribution in [3.05, 3.63) is 94.8 Å². The zero-order valence-corrected chi connectivity index (χ0v) is 20.3. The lowest BCUT2D eigenvalue weighted by Crippen LogP contribution is -2.53. The molecule has 0 amide bonds. The van der Waals surface area contributed by atoms with Crippen LogP contribution in [0.25, 0.3) is 0 Å². The van der Waals surface area contributed by atoms with Crippen LogP contribution in [0.4, 0.5) is 8.78 Å². The minimum atomic E-state index is -2.95. The van der Waals surface area contributed by atoms with Crippen LogP contribution in [0.1, 0.15) is 36.8 Å². The molecule has 8 heteroatoms. The van der Waals surface area contributed by atoms with Gasteiger partial charge in [0, 0.05) is 24.3 Å². The fraction of sp³-hybridized carbons (Fsp3) is 0.286. The van der Waals surface area contributed by atoms with Crippen LogP contribution in [0.5, 0.6) is 11.5 Å². The lowest BCUT2D eigenvalue weighted by atomic mass is 9.75. The number of benzene rings is 3. The van der Waals surface area contributed by atoms with E-state index in [0.29, 0.717) is 34.7 Å². The quantitative estimate of drug-likeness (QED) is 0.304. The molecule has 3 atom stereocenters. The van der Waals surface area contributed by atoms with Crippen LogP contribution in [-0.4, -0.2) is 28.8 Å². The SMILES string of the molecule is CC(=O)O[C@@H](Cc1ccc(F)c(Oc2ccccc2)c1)[C@](F)(C(=O)O)[C@@H](c1ccc(Cl)cc1)C1CC1. The first-order chi connectivity index (χ1) is 17.2. The molecule has 1 aliphatic carbocycles. The fourth-order valence-corrected chi connectivity index (χ4v) is 4.61. The first kappa shape index (κ1) is 25.6. The molecule has 5 nitrogen and oxygen atoms in total. The van der Waals surface area contributed by atoms with Crippen LogP contribution < -0.4 is 4.74 Å². The molecule has 0 aromatic heterocycles. The van der Waals surface area contributed by atoms with E-state index in [2.05, 4.69) is 0 Å². The van der Waals surface area contributed by atoms with Gasteiger partial charge in [0.05, 0.1) is 0 Å². The Balaban J connectivity index is 1.71. The number of hydrogen-bond acceptors (Lipinski definition) is 4. The predicted octanol–water partition coefficient (Wildman–Crippen LogP) is 6.73. The number of esters is 1. The van der Waals surface area contributed by atoms with E-state index in [1.807, 2.05) is 0 Å². The summed E-state index contributed by atoms with van der Waals surface area (Å²) in [4.78, 5) is 24.5. The number of hydrogen-bond donors (Lipinski definition) is 1. The number of alkyl halides is 1. The van der Waals surface area contributed by atoms with Gasteiger partial charge in [0.2, 0.25) is 0 Å². The highest BCUT2D eigenvalue weighted by Gasteiger charge is 2.59. The van der Waals surface area contributed by atoms with Crippen LogP contribution in [0, 0.1) is 11.7 Å². The molecular weight excluding hydrogens is 490 g/mol. The van der Waals surface area contributed by atoms with Crippen molar-refractivity contribution in [3.63, 3.8) is 0 Å². The van der Waals surface area contributed by atoms with E-state index in [0.717, 1.165) is 13.0 Å². The number of halogens is 3. The van der Waals surface area contributed by atoms with Gasteiger partial charge < -0.3 is 14.6 Å². The van der Waals surface area contributed by atoms with Crippen molar-refractivity contribution in [2.45, 2.75) is 43.9 Å². The minimum Gasteiger partial charge on any atom is -0.479 e. The van der Waals surface area contributed by atoms with Gasteiger partial charge in [0.1, 0.15) is 5.75 Å². The molecule has 0 saturated heterocycles. The molecule has 0 spiro atoms. The zero-order chi connectivity index (χ0) is 25.9. The molecule has 3 aromatic carbocycles. The molecule has 0 bridgehead atoms. The second kappa shape index (κ2) is 10.7. The van der Waals surface area contributed by atoms with Gasteiger partial charge in [-0.2, -0.15) is 0 Å². The number of carbonyl (C=O) groups is 2. The van der Waals surface area contributed by atoms with Gasteiger partial charge >= 0.3 is 11.9 Å². The first-order valence-electron chi connectivity index (χ1n) is 11.5. The van der Waals surface area contributed by atoms with Crippen LogP contribution >= 0.6 is 11.6 Å². The van der Waals surface area contributed by atoms with Crippen LogP contribution in [0.3, 0.4) is 0 Å². The van der Waals surface area contributed by atoms with E-state index < -0.39 is 35.4 Å². The Bertz CT molecular complexity index is 1230. The molecular formula is C28H25ClF2O5. The summed E-state index contributed by atoms with van der Waals surface area (Å²) in [5, 5.41) is 10.6. The van der Waals surface area contributed by atoms with Gasteiger partial charge in [-0.15, -0.1) is 0 Å². The number of rotatable bonds is 10. The Labute approximate surface area is 212 Å². The van der Waals surface area contributed by atoms with Crippen molar-refractivity contribution < 1.29 is 33.0 Å². The van der Waals surface area contributed by atoms with E-state index in [1.165, 1.54) is 12.1 Å². The molecule has 1 N–H and O–H groups in total. The number of aliphatic carboxylic acids is 1. The number of ether oxygens (including phenoxy) is 2. The molecule has 4 rings (SSSR count). The minimum absolute atomic E-state index is 0.114. The third-order valence-corrected chi connectivity index (χ3v) is 6.52. The molecule has 36 heavy (non-hydrogen) atoms. The van der Waals surface area contributed by atoms with E-state index in [1.54, 1.807) is 54.6 Å². The van der Waals surface area contributed by atoms with E-state index in [-0.39, 0.29) is 18.1 Å². The monoisotopic (exact) mass is 514 g/mol. The van der Waals surface area contributed by atoms with E-state index in [9.17, 15) is 19.1 Å². The summed E-state index contributed by atoms with van der Waals surface area (Å²) in [5.41, 5.74) is -2.14. The highest BCUT2D eigenvalue weighted by Crippen LogP contribution is 2.52. The number of para-hydroxylation sites is 1. The Morgan fingerprint density at radius 3 is 2.33 bits per heavy atom. The Kier molecular flexibility index (Phi) is 7.59. The predicted molar refractivity (Wildman–Crippen MR) is 131 cm³/mol. The topological polar surface area (TPSA) is 72.8 Å². The maximum Gasteiger partial charge on any atom is 0.346 e. The maximum atomic E-state index is 16.9. The van der Waals surface area contributed by atoms with Crippen LogP contribution in [0.2, 0.25) is 5.02 Å². The smallest absolute Gasteiger partial charge is 0.346 e. The Morgan fingerprint density at radius 1 is 1.08 bits per heavy atom. The summed E-state index contributed by atoms with van der Waals surface area (Å²) in [6.07, 6.45) is -0.691. The van der Waals surface area contributed by atoms with E-state index in [4.69, 9.17) is 21.1 Å². The lowest BCUT2D eigenvalue weighted by Gasteiger charge is -2.36. The Morgan fingerprint density at radius 2 is 1.75 bits per heavy atom. The van der Waals surface area contributed by atoms with Crippen molar-refractivity contribution in [1.29, 1.82) is 0 Å². The average molecular weight is 515 g/mol. The molecule has 1 aliphatic rings. The summed E-state index contributed by atoms with van der Waals surface area (Å²) in [5.74, 6) is -4.23.